The van der Waals surface area contributed by atoms with Crippen LogP contribution < -0.4 is 0 Å². The fourth-order valence-electron chi connectivity index (χ4n) is 4.04. The van der Waals surface area contributed by atoms with Gasteiger partial charge < -0.3 is 0 Å². The molecule has 0 saturated heterocycles. The fraction of sp³-hybridized carbons (Fsp3) is 0.480. The van der Waals surface area contributed by atoms with Gasteiger partial charge in [0.1, 0.15) is 8.07 Å². The molecular weight excluding hydrogens is 342 g/mol. The Labute approximate surface area is 166 Å². The fourth-order valence-corrected chi connectivity index (χ4v) is 4.67. The van der Waals surface area contributed by atoms with Crippen molar-refractivity contribution in [2.24, 2.45) is 10.9 Å². The van der Waals surface area contributed by atoms with Crippen molar-refractivity contribution in [1.82, 2.24) is 0 Å². The standard InChI is InChI=1S/C25H33NSi/c1-27(2,3)19-11-16-22-14-10-15-23(20-26-24-17-8-5-9-18-24)25(22)21-12-6-4-7-13-21/h4,6-7,10,12-15,20,22,24-25H,5,8-9,16-18H2,1-3H3/t22-,25-/m1/s1. The van der Waals surface area contributed by atoms with Crippen molar-refractivity contribution in [2.75, 3.05) is 0 Å². The van der Waals surface area contributed by atoms with Crippen LogP contribution in [0.25, 0.3) is 0 Å². The van der Waals surface area contributed by atoms with Gasteiger partial charge in [-0.3, -0.25) is 4.99 Å². The predicted molar refractivity (Wildman–Crippen MR) is 121 cm³/mol. The average molecular weight is 376 g/mol. The molecule has 2 atom stereocenters. The Morgan fingerprint density at radius 2 is 1.81 bits per heavy atom. The first-order valence-corrected chi connectivity index (χ1v) is 14.0. The molecule has 0 amide bonds. The lowest BCUT2D eigenvalue weighted by Gasteiger charge is -2.28. The van der Waals surface area contributed by atoms with E-state index in [0.29, 0.717) is 17.9 Å². The number of rotatable bonds is 4. The largest absolute Gasteiger partial charge is 0.290 e. The molecule has 2 heteroatoms. The van der Waals surface area contributed by atoms with Crippen LogP contribution in [0.2, 0.25) is 19.6 Å². The van der Waals surface area contributed by atoms with E-state index in [1.54, 1.807) is 0 Å². The first-order chi connectivity index (χ1) is 13.0. The molecule has 2 aliphatic carbocycles. The summed E-state index contributed by atoms with van der Waals surface area (Å²) in [7, 11) is -1.32. The van der Waals surface area contributed by atoms with Gasteiger partial charge in [0, 0.05) is 24.6 Å². The second-order valence-corrected chi connectivity index (χ2v) is 13.7. The monoisotopic (exact) mass is 375 g/mol. The molecule has 0 N–H and O–H groups in total. The second kappa shape index (κ2) is 9.38. The van der Waals surface area contributed by atoms with Gasteiger partial charge in [0.05, 0.1) is 0 Å². The zero-order valence-corrected chi connectivity index (χ0v) is 18.1. The molecule has 2 aliphatic rings. The number of benzene rings is 1. The summed E-state index contributed by atoms with van der Waals surface area (Å²) < 4.78 is 0. The first-order valence-electron chi connectivity index (χ1n) is 10.5. The summed E-state index contributed by atoms with van der Waals surface area (Å²) in [5.41, 5.74) is 6.26. The third-order valence-electron chi connectivity index (χ3n) is 5.40. The van der Waals surface area contributed by atoms with Crippen molar-refractivity contribution in [3.05, 3.63) is 59.7 Å². The molecule has 1 fully saturated rings. The molecule has 0 radical (unpaired) electrons. The van der Waals surface area contributed by atoms with Crippen LogP contribution in [-0.4, -0.2) is 20.3 Å². The molecule has 27 heavy (non-hydrogen) atoms. The lowest BCUT2D eigenvalue weighted by atomic mass is 9.76. The van der Waals surface area contributed by atoms with Crippen molar-refractivity contribution in [1.29, 1.82) is 0 Å². The highest BCUT2D eigenvalue weighted by atomic mass is 28.3. The summed E-state index contributed by atoms with van der Waals surface area (Å²) in [5, 5.41) is 0. The Bertz CT molecular complexity index is 749. The Morgan fingerprint density at radius 1 is 1.07 bits per heavy atom. The molecule has 0 bridgehead atoms. The number of hydrogen-bond acceptors (Lipinski definition) is 1. The summed E-state index contributed by atoms with van der Waals surface area (Å²) in [6, 6.07) is 11.4. The Kier molecular flexibility index (Phi) is 6.91. The lowest BCUT2D eigenvalue weighted by Crippen LogP contribution is -2.19. The molecule has 142 valence electrons. The van der Waals surface area contributed by atoms with E-state index in [9.17, 15) is 0 Å². The minimum atomic E-state index is -1.32. The first kappa shape index (κ1) is 19.9. The van der Waals surface area contributed by atoms with E-state index in [4.69, 9.17) is 4.99 Å². The van der Waals surface area contributed by atoms with E-state index >= 15 is 0 Å². The Morgan fingerprint density at radius 3 is 2.52 bits per heavy atom. The van der Waals surface area contributed by atoms with Gasteiger partial charge >= 0.3 is 0 Å². The van der Waals surface area contributed by atoms with Gasteiger partial charge in [-0.25, -0.2) is 0 Å². The Balaban J connectivity index is 1.82. The van der Waals surface area contributed by atoms with Crippen LogP contribution in [0.5, 0.6) is 0 Å². The topological polar surface area (TPSA) is 12.4 Å². The lowest BCUT2D eigenvalue weighted by molar-refractivity contribution is 0.444. The number of aliphatic imine (C=N–C) groups is 1. The maximum absolute atomic E-state index is 4.98. The zero-order valence-electron chi connectivity index (χ0n) is 17.1. The van der Waals surface area contributed by atoms with Crippen molar-refractivity contribution < 1.29 is 0 Å². The van der Waals surface area contributed by atoms with Gasteiger partial charge in [-0.2, -0.15) is 0 Å². The van der Waals surface area contributed by atoms with Crippen LogP contribution in [0.1, 0.15) is 50.0 Å². The summed E-state index contributed by atoms with van der Waals surface area (Å²) in [6.45, 7) is 6.94. The zero-order chi connectivity index (χ0) is 19.1. The molecule has 1 nitrogen and oxygen atoms in total. The van der Waals surface area contributed by atoms with Crippen molar-refractivity contribution in [3.8, 4) is 11.5 Å². The molecule has 0 aromatic heterocycles. The van der Waals surface area contributed by atoms with Crippen LogP contribution in [0, 0.1) is 17.4 Å². The van der Waals surface area contributed by atoms with Crippen LogP contribution in [0.15, 0.2) is 59.1 Å². The van der Waals surface area contributed by atoms with Gasteiger partial charge in [0.25, 0.3) is 0 Å². The van der Waals surface area contributed by atoms with E-state index in [2.05, 4.69) is 85.9 Å². The molecule has 0 heterocycles. The number of allylic oxidation sites excluding steroid dienone is 4. The van der Waals surface area contributed by atoms with Crippen molar-refractivity contribution in [2.45, 2.75) is 70.1 Å². The number of nitrogens with zero attached hydrogens (tertiary/aromatic N) is 1. The third-order valence-corrected chi connectivity index (χ3v) is 6.33. The quantitative estimate of drug-likeness (QED) is 0.321. The van der Waals surface area contributed by atoms with E-state index in [0.717, 1.165) is 6.42 Å². The minimum Gasteiger partial charge on any atom is -0.290 e. The van der Waals surface area contributed by atoms with Gasteiger partial charge in [-0.1, -0.05) is 87.5 Å². The molecule has 0 aliphatic heterocycles. The van der Waals surface area contributed by atoms with E-state index in [1.165, 1.54) is 43.2 Å². The van der Waals surface area contributed by atoms with Gasteiger partial charge in [0.2, 0.25) is 0 Å². The molecule has 1 aromatic carbocycles. The van der Waals surface area contributed by atoms with Gasteiger partial charge in [0.15, 0.2) is 0 Å². The molecule has 3 rings (SSSR count). The van der Waals surface area contributed by atoms with E-state index in [-0.39, 0.29) is 0 Å². The van der Waals surface area contributed by atoms with Crippen molar-refractivity contribution in [3.63, 3.8) is 0 Å². The molecule has 0 spiro atoms. The highest BCUT2D eigenvalue weighted by molar-refractivity contribution is 6.83. The summed E-state index contributed by atoms with van der Waals surface area (Å²) in [5.74, 6) is 4.30. The van der Waals surface area contributed by atoms with Crippen LogP contribution in [0.3, 0.4) is 0 Å². The normalized spacial score (nSPS) is 23.7. The van der Waals surface area contributed by atoms with E-state index < -0.39 is 8.07 Å². The minimum absolute atomic E-state index is 0.361. The summed E-state index contributed by atoms with van der Waals surface area (Å²) in [4.78, 5) is 4.98. The summed E-state index contributed by atoms with van der Waals surface area (Å²) >= 11 is 0. The molecular formula is C25H33NSi. The second-order valence-electron chi connectivity index (χ2n) is 8.93. The van der Waals surface area contributed by atoms with Crippen LogP contribution >= 0.6 is 0 Å². The van der Waals surface area contributed by atoms with E-state index in [1.807, 2.05) is 0 Å². The average Bonchev–Trinajstić information content (AvgIpc) is 2.67. The maximum Gasteiger partial charge on any atom is 0.129 e. The van der Waals surface area contributed by atoms with Crippen molar-refractivity contribution >= 4 is 14.3 Å². The molecule has 0 unspecified atom stereocenters. The SMILES string of the molecule is C[Si](C)(C)C#CC[C@H]1C=CC=C(C=NC2CCCCC2)[C@@H]1c1ccccc1. The smallest absolute Gasteiger partial charge is 0.129 e. The highest BCUT2D eigenvalue weighted by Crippen LogP contribution is 2.37. The number of hydrogen-bond donors (Lipinski definition) is 0. The Hall–Kier alpha value is -1.85. The van der Waals surface area contributed by atoms with Crippen LogP contribution in [0.4, 0.5) is 0 Å². The maximum atomic E-state index is 4.98. The van der Waals surface area contributed by atoms with Crippen LogP contribution in [-0.2, 0) is 0 Å². The third kappa shape index (κ3) is 6.08. The summed E-state index contributed by atoms with van der Waals surface area (Å²) in [6.07, 6.45) is 16.5. The predicted octanol–water partition coefficient (Wildman–Crippen LogP) is 6.56. The molecule has 1 aromatic rings. The van der Waals surface area contributed by atoms with Gasteiger partial charge in [-0.05, 0) is 29.9 Å². The highest BCUT2D eigenvalue weighted by Gasteiger charge is 2.26. The molecule has 1 saturated carbocycles. The van der Waals surface area contributed by atoms with Gasteiger partial charge in [-0.15, -0.1) is 11.5 Å².